The van der Waals surface area contributed by atoms with Crippen LogP contribution in [0.2, 0.25) is 0 Å². The quantitative estimate of drug-likeness (QED) is 0.599. The number of halogens is 1. The van der Waals surface area contributed by atoms with Crippen molar-refractivity contribution in [1.82, 2.24) is 9.66 Å². The minimum atomic E-state index is -0.393. The van der Waals surface area contributed by atoms with Crippen molar-refractivity contribution in [3.63, 3.8) is 0 Å². The highest BCUT2D eigenvalue weighted by Gasteiger charge is 2.09. The SMILES string of the molecule is CCCCCCCCCc1nc2cc(F)ccc2c(=O)n1N. The second-order valence-electron chi connectivity index (χ2n) is 5.74. The van der Waals surface area contributed by atoms with E-state index in [1.165, 1.54) is 50.3 Å². The van der Waals surface area contributed by atoms with Gasteiger partial charge in [0.2, 0.25) is 0 Å². The topological polar surface area (TPSA) is 60.9 Å². The fourth-order valence-electron chi connectivity index (χ4n) is 2.63. The Kier molecular flexibility index (Phi) is 5.92. The van der Waals surface area contributed by atoms with Crippen molar-refractivity contribution < 1.29 is 4.39 Å². The van der Waals surface area contributed by atoms with Crippen LogP contribution in [0.3, 0.4) is 0 Å². The summed E-state index contributed by atoms with van der Waals surface area (Å²) in [6.45, 7) is 2.20. The average molecular weight is 305 g/mol. The van der Waals surface area contributed by atoms with Gasteiger partial charge in [0.15, 0.2) is 0 Å². The monoisotopic (exact) mass is 305 g/mol. The molecule has 0 fully saturated rings. The highest BCUT2D eigenvalue weighted by atomic mass is 19.1. The number of benzene rings is 1. The molecule has 2 rings (SSSR count). The van der Waals surface area contributed by atoms with Crippen LogP contribution in [-0.4, -0.2) is 9.66 Å². The maximum Gasteiger partial charge on any atom is 0.279 e. The molecule has 0 aliphatic heterocycles. The molecule has 0 radical (unpaired) electrons. The van der Waals surface area contributed by atoms with Gasteiger partial charge < -0.3 is 5.84 Å². The number of nitrogen functional groups attached to an aromatic ring is 1. The summed E-state index contributed by atoms with van der Waals surface area (Å²) >= 11 is 0. The van der Waals surface area contributed by atoms with Gasteiger partial charge in [-0.2, -0.15) is 0 Å². The van der Waals surface area contributed by atoms with E-state index in [0.29, 0.717) is 23.1 Å². The number of aromatic nitrogens is 2. The fourth-order valence-corrected chi connectivity index (χ4v) is 2.63. The maximum atomic E-state index is 13.3. The number of nitrogens with two attached hydrogens (primary N) is 1. The van der Waals surface area contributed by atoms with Crippen LogP contribution < -0.4 is 11.4 Å². The Morgan fingerprint density at radius 2 is 1.82 bits per heavy atom. The number of aryl methyl sites for hydroxylation is 1. The molecule has 0 bridgehead atoms. The van der Waals surface area contributed by atoms with E-state index in [1.807, 2.05) is 0 Å². The minimum Gasteiger partial charge on any atom is -0.335 e. The van der Waals surface area contributed by atoms with E-state index in [1.54, 1.807) is 0 Å². The van der Waals surface area contributed by atoms with Crippen LogP contribution in [-0.2, 0) is 6.42 Å². The number of rotatable bonds is 8. The lowest BCUT2D eigenvalue weighted by atomic mass is 10.1. The molecule has 2 N–H and O–H groups in total. The summed E-state index contributed by atoms with van der Waals surface area (Å²) < 4.78 is 14.4. The molecule has 1 aromatic carbocycles. The number of hydrogen-bond donors (Lipinski definition) is 1. The zero-order chi connectivity index (χ0) is 15.9. The summed E-state index contributed by atoms with van der Waals surface area (Å²) in [7, 11) is 0. The second kappa shape index (κ2) is 7.92. The molecule has 4 nitrogen and oxygen atoms in total. The van der Waals surface area contributed by atoms with Crippen molar-refractivity contribution >= 4 is 10.9 Å². The fraction of sp³-hybridized carbons (Fsp3) is 0.529. The number of hydrogen-bond acceptors (Lipinski definition) is 3. The zero-order valence-electron chi connectivity index (χ0n) is 13.1. The van der Waals surface area contributed by atoms with E-state index in [4.69, 9.17) is 5.84 Å². The molecule has 0 saturated heterocycles. The van der Waals surface area contributed by atoms with Gasteiger partial charge in [0.05, 0.1) is 10.9 Å². The van der Waals surface area contributed by atoms with Gasteiger partial charge in [-0.25, -0.2) is 14.1 Å². The van der Waals surface area contributed by atoms with Crippen molar-refractivity contribution in [1.29, 1.82) is 0 Å². The Bertz CT molecular complexity index is 681. The third kappa shape index (κ3) is 4.06. The molecule has 0 aliphatic carbocycles. The molecular formula is C17H24FN3O. The van der Waals surface area contributed by atoms with Crippen LogP contribution in [0.25, 0.3) is 10.9 Å². The van der Waals surface area contributed by atoms with Gasteiger partial charge in [-0.1, -0.05) is 45.4 Å². The van der Waals surface area contributed by atoms with Crippen LogP contribution in [0.15, 0.2) is 23.0 Å². The third-order valence-corrected chi connectivity index (χ3v) is 3.94. The summed E-state index contributed by atoms with van der Waals surface area (Å²) in [4.78, 5) is 16.5. The second-order valence-corrected chi connectivity index (χ2v) is 5.74. The van der Waals surface area contributed by atoms with Crippen LogP contribution in [0.1, 0.15) is 57.7 Å². The number of fused-ring (bicyclic) bond motifs is 1. The van der Waals surface area contributed by atoms with Crippen molar-refractivity contribution in [3.8, 4) is 0 Å². The zero-order valence-corrected chi connectivity index (χ0v) is 13.1. The summed E-state index contributed by atoms with van der Waals surface area (Å²) in [5, 5.41) is 0.354. The predicted molar refractivity (Wildman–Crippen MR) is 87.8 cm³/mol. The van der Waals surface area contributed by atoms with Gasteiger partial charge in [-0.3, -0.25) is 4.79 Å². The first-order valence-electron chi connectivity index (χ1n) is 8.09. The summed E-state index contributed by atoms with van der Waals surface area (Å²) in [6.07, 6.45) is 8.95. The highest BCUT2D eigenvalue weighted by Crippen LogP contribution is 2.12. The Hall–Kier alpha value is -1.91. The van der Waals surface area contributed by atoms with E-state index < -0.39 is 5.82 Å². The van der Waals surface area contributed by atoms with E-state index >= 15 is 0 Å². The van der Waals surface area contributed by atoms with Crippen molar-refractivity contribution in [3.05, 3.63) is 40.2 Å². The predicted octanol–water partition coefficient (Wildman–Crippen LogP) is 3.54. The van der Waals surface area contributed by atoms with Gasteiger partial charge in [0.25, 0.3) is 5.56 Å². The van der Waals surface area contributed by atoms with Crippen LogP contribution >= 0.6 is 0 Å². The van der Waals surface area contributed by atoms with Crippen LogP contribution in [0.5, 0.6) is 0 Å². The third-order valence-electron chi connectivity index (χ3n) is 3.94. The van der Waals surface area contributed by atoms with Gasteiger partial charge in [-0.05, 0) is 18.6 Å². The van der Waals surface area contributed by atoms with Crippen LogP contribution in [0, 0.1) is 5.82 Å². The Labute approximate surface area is 130 Å². The van der Waals surface area contributed by atoms with Crippen molar-refractivity contribution in [2.45, 2.75) is 58.3 Å². The number of nitrogens with zero attached hydrogens (tertiary/aromatic N) is 2. The first-order valence-corrected chi connectivity index (χ1v) is 8.09. The lowest BCUT2D eigenvalue weighted by molar-refractivity contribution is 0.579. The molecule has 0 atom stereocenters. The Morgan fingerprint density at radius 3 is 2.55 bits per heavy atom. The molecule has 0 unspecified atom stereocenters. The molecule has 120 valence electrons. The molecule has 0 aliphatic rings. The first kappa shape index (κ1) is 16.5. The summed E-state index contributed by atoms with van der Waals surface area (Å²) in [6, 6.07) is 3.97. The molecule has 0 saturated carbocycles. The summed E-state index contributed by atoms with van der Waals surface area (Å²) in [5.74, 6) is 5.95. The van der Waals surface area contributed by atoms with E-state index in [0.717, 1.165) is 17.5 Å². The van der Waals surface area contributed by atoms with E-state index in [2.05, 4.69) is 11.9 Å². The normalized spacial score (nSPS) is 11.2. The lowest BCUT2D eigenvalue weighted by Gasteiger charge is -2.09. The van der Waals surface area contributed by atoms with E-state index in [9.17, 15) is 9.18 Å². The first-order chi connectivity index (χ1) is 10.6. The van der Waals surface area contributed by atoms with Gasteiger partial charge in [-0.15, -0.1) is 0 Å². The molecule has 22 heavy (non-hydrogen) atoms. The largest absolute Gasteiger partial charge is 0.335 e. The van der Waals surface area contributed by atoms with Gasteiger partial charge in [0.1, 0.15) is 11.6 Å². The van der Waals surface area contributed by atoms with Gasteiger partial charge in [0, 0.05) is 12.5 Å². The minimum absolute atomic E-state index is 0.317. The molecular weight excluding hydrogens is 281 g/mol. The smallest absolute Gasteiger partial charge is 0.279 e. The highest BCUT2D eigenvalue weighted by molar-refractivity contribution is 5.77. The molecule has 1 aromatic heterocycles. The molecule has 0 spiro atoms. The Balaban J connectivity index is 1.99. The van der Waals surface area contributed by atoms with Crippen molar-refractivity contribution in [2.24, 2.45) is 0 Å². The molecule has 1 heterocycles. The maximum absolute atomic E-state index is 13.3. The molecule has 5 heteroatoms. The standard InChI is InChI=1S/C17H24FN3O/c1-2-3-4-5-6-7-8-9-16-20-15-12-13(18)10-11-14(15)17(22)21(16)19/h10-12H,2-9,19H2,1H3. The molecule has 2 aromatic rings. The van der Waals surface area contributed by atoms with E-state index in [-0.39, 0.29) is 5.56 Å². The lowest BCUT2D eigenvalue weighted by Crippen LogP contribution is -2.31. The molecule has 0 amide bonds. The average Bonchev–Trinajstić information content (AvgIpc) is 2.50. The number of unbranched alkanes of at least 4 members (excludes halogenated alkanes) is 6. The summed E-state index contributed by atoms with van der Waals surface area (Å²) in [5.41, 5.74) is 0.0626. The van der Waals surface area contributed by atoms with Crippen LogP contribution in [0.4, 0.5) is 4.39 Å². The Morgan fingerprint density at radius 1 is 1.14 bits per heavy atom. The van der Waals surface area contributed by atoms with Gasteiger partial charge >= 0.3 is 0 Å². The van der Waals surface area contributed by atoms with Crippen molar-refractivity contribution in [2.75, 3.05) is 5.84 Å².